The SMILES string of the molecule is CS.Nc1c(Br)cc(F)cc1C(=O)O. The van der Waals surface area contributed by atoms with Gasteiger partial charge < -0.3 is 10.8 Å². The van der Waals surface area contributed by atoms with Gasteiger partial charge in [-0.3, -0.25) is 0 Å². The number of thiol groups is 1. The number of hydrogen-bond acceptors (Lipinski definition) is 3. The third-order valence-electron chi connectivity index (χ3n) is 1.32. The Bertz CT molecular complexity index is 346. The van der Waals surface area contributed by atoms with Gasteiger partial charge in [-0.2, -0.15) is 12.6 Å². The lowest BCUT2D eigenvalue weighted by Gasteiger charge is -2.02. The summed E-state index contributed by atoms with van der Waals surface area (Å²) in [5, 5.41) is 8.55. The van der Waals surface area contributed by atoms with Gasteiger partial charge in [-0.1, -0.05) is 0 Å². The molecule has 1 rings (SSSR count). The van der Waals surface area contributed by atoms with Crippen LogP contribution in [0.2, 0.25) is 0 Å². The van der Waals surface area contributed by atoms with E-state index in [1.807, 2.05) is 0 Å². The number of anilines is 1. The molecule has 0 saturated heterocycles. The summed E-state index contributed by atoms with van der Waals surface area (Å²) < 4.78 is 12.9. The average molecular weight is 282 g/mol. The molecule has 0 heterocycles. The number of halogens is 2. The molecule has 3 nitrogen and oxygen atoms in total. The first kappa shape index (κ1) is 13.2. The molecule has 0 unspecified atom stereocenters. The van der Waals surface area contributed by atoms with Gasteiger partial charge >= 0.3 is 5.97 Å². The fourth-order valence-corrected chi connectivity index (χ4v) is 1.19. The van der Waals surface area contributed by atoms with Crippen molar-refractivity contribution in [2.45, 2.75) is 0 Å². The number of carboxylic acid groups (broad SMARTS) is 1. The predicted octanol–water partition coefficient (Wildman–Crippen LogP) is 2.41. The standard InChI is InChI=1S/C7H5BrFNO2.CH4S/c8-5-2-3(9)1-4(6(5)10)7(11)12;1-2/h1-2H,10H2,(H,11,12);2H,1H3. The van der Waals surface area contributed by atoms with E-state index in [2.05, 4.69) is 28.6 Å². The Kier molecular flexibility index (Phi) is 5.56. The van der Waals surface area contributed by atoms with Gasteiger partial charge in [0.05, 0.1) is 11.3 Å². The van der Waals surface area contributed by atoms with Crippen molar-refractivity contribution in [2.24, 2.45) is 0 Å². The monoisotopic (exact) mass is 281 g/mol. The van der Waals surface area contributed by atoms with Crippen LogP contribution in [0.25, 0.3) is 0 Å². The van der Waals surface area contributed by atoms with E-state index in [1.54, 1.807) is 6.26 Å². The molecule has 0 atom stereocenters. The lowest BCUT2D eigenvalue weighted by Crippen LogP contribution is -2.03. The van der Waals surface area contributed by atoms with Gasteiger partial charge in [0.15, 0.2) is 0 Å². The molecule has 14 heavy (non-hydrogen) atoms. The van der Waals surface area contributed by atoms with Gasteiger partial charge in [-0.25, -0.2) is 9.18 Å². The Hall–Kier alpha value is -0.750. The van der Waals surface area contributed by atoms with E-state index in [9.17, 15) is 9.18 Å². The minimum atomic E-state index is -1.24. The summed E-state index contributed by atoms with van der Waals surface area (Å²) in [6.07, 6.45) is 1.69. The molecule has 0 aliphatic heterocycles. The summed E-state index contributed by atoms with van der Waals surface area (Å²) in [6, 6.07) is 1.99. The number of carboxylic acids is 1. The number of aromatic carboxylic acids is 1. The summed E-state index contributed by atoms with van der Waals surface area (Å²) in [7, 11) is 0. The van der Waals surface area contributed by atoms with Crippen molar-refractivity contribution in [3.05, 3.63) is 28.0 Å². The van der Waals surface area contributed by atoms with E-state index in [0.29, 0.717) is 0 Å². The Morgan fingerprint density at radius 1 is 1.57 bits per heavy atom. The van der Waals surface area contributed by atoms with E-state index in [-0.39, 0.29) is 15.7 Å². The van der Waals surface area contributed by atoms with Gasteiger partial charge in [0.25, 0.3) is 0 Å². The van der Waals surface area contributed by atoms with Crippen LogP contribution in [0.4, 0.5) is 10.1 Å². The molecule has 6 heteroatoms. The van der Waals surface area contributed by atoms with Crippen LogP contribution >= 0.6 is 28.6 Å². The number of nitrogen functional groups attached to an aromatic ring is 1. The van der Waals surface area contributed by atoms with E-state index < -0.39 is 11.8 Å². The molecule has 0 aliphatic carbocycles. The Labute approximate surface area is 94.7 Å². The second-order valence-corrected chi connectivity index (χ2v) is 3.01. The first-order valence-corrected chi connectivity index (χ1v) is 5.13. The zero-order valence-corrected chi connectivity index (χ0v) is 9.77. The van der Waals surface area contributed by atoms with Crippen LogP contribution in [0.1, 0.15) is 10.4 Å². The van der Waals surface area contributed by atoms with Gasteiger partial charge in [0, 0.05) is 4.47 Å². The molecule has 0 radical (unpaired) electrons. The van der Waals surface area contributed by atoms with Crippen molar-refractivity contribution in [1.29, 1.82) is 0 Å². The summed E-state index contributed by atoms with van der Waals surface area (Å²) in [6.45, 7) is 0. The summed E-state index contributed by atoms with van der Waals surface area (Å²) in [4.78, 5) is 10.5. The summed E-state index contributed by atoms with van der Waals surface area (Å²) in [5.74, 6) is -1.87. The van der Waals surface area contributed by atoms with Crippen LogP contribution in [-0.4, -0.2) is 17.3 Å². The van der Waals surface area contributed by atoms with E-state index >= 15 is 0 Å². The number of nitrogens with two attached hydrogens (primary N) is 1. The van der Waals surface area contributed by atoms with Crippen molar-refractivity contribution in [3.63, 3.8) is 0 Å². The third kappa shape index (κ3) is 3.19. The zero-order valence-electron chi connectivity index (χ0n) is 7.29. The molecule has 1 aromatic carbocycles. The normalized spacial score (nSPS) is 8.86. The molecular formula is C8H9BrFNO2S. The van der Waals surface area contributed by atoms with Crippen molar-refractivity contribution < 1.29 is 14.3 Å². The fourth-order valence-electron chi connectivity index (χ4n) is 0.762. The molecule has 0 aromatic heterocycles. The minimum absolute atomic E-state index is 0.0314. The van der Waals surface area contributed by atoms with Crippen molar-refractivity contribution in [1.82, 2.24) is 0 Å². The fraction of sp³-hybridized carbons (Fsp3) is 0.125. The highest BCUT2D eigenvalue weighted by atomic mass is 79.9. The maximum atomic E-state index is 12.6. The van der Waals surface area contributed by atoms with Crippen molar-refractivity contribution in [3.8, 4) is 0 Å². The van der Waals surface area contributed by atoms with Gasteiger partial charge in [0.2, 0.25) is 0 Å². The Morgan fingerprint density at radius 3 is 2.50 bits per heavy atom. The number of rotatable bonds is 1. The Balaban J connectivity index is 0.000000791. The molecule has 3 N–H and O–H groups in total. The maximum absolute atomic E-state index is 12.6. The van der Waals surface area contributed by atoms with Crippen LogP contribution in [0.5, 0.6) is 0 Å². The second-order valence-electron chi connectivity index (χ2n) is 2.15. The van der Waals surface area contributed by atoms with Crippen molar-refractivity contribution in [2.75, 3.05) is 12.0 Å². The van der Waals surface area contributed by atoms with Gasteiger partial charge in [-0.15, -0.1) is 0 Å². The first-order chi connectivity index (χ1) is 6.52. The van der Waals surface area contributed by atoms with E-state index in [0.717, 1.165) is 12.1 Å². The highest BCUT2D eigenvalue weighted by molar-refractivity contribution is 9.10. The number of benzene rings is 1. The van der Waals surface area contributed by atoms with E-state index in [1.165, 1.54) is 0 Å². The first-order valence-electron chi connectivity index (χ1n) is 3.45. The minimum Gasteiger partial charge on any atom is -0.478 e. The molecule has 0 bridgehead atoms. The van der Waals surface area contributed by atoms with Gasteiger partial charge in [0.1, 0.15) is 5.82 Å². The van der Waals surface area contributed by atoms with Crippen LogP contribution in [0.15, 0.2) is 16.6 Å². The van der Waals surface area contributed by atoms with Crippen LogP contribution in [-0.2, 0) is 0 Å². The number of carbonyl (C=O) groups is 1. The highest BCUT2D eigenvalue weighted by Crippen LogP contribution is 2.24. The van der Waals surface area contributed by atoms with Crippen LogP contribution < -0.4 is 5.73 Å². The van der Waals surface area contributed by atoms with E-state index in [4.69, 9.17) is 10.8 Å². The summed E-state index contributed by atoms with van der Waals surface area (Å²) in [5.41, 5.74) is 5.16. The Morgan fingerprint density at radius 2 is 2.07 bits per heavy atom. The highest BCUT2D eigenvalue weighted by Gasteiger charge is 2.11. The lowest BCUT2D eigenvalue weighted by atomic mass is 10.2. The lowest BCUT2D eigenvalue weighted by molar-refractivity contribution is 0.0697. The molecule has 0 spiro atoms. The molecule has 78 valence electrons. The quantitative estimate of drug-likeness (QED) is 0.547. The topological polar surface area (TPSA) is 63.3 Å². The zero-order chi connectivity index (χ0) is 11.3. The average Bonchev–Trinajstić information content (AvgIpc) is 2.14. The summed E-state index contributed by atoms with van der Waals surface area (Å²) >= 11 is 6.46. The number of hydrogen-bond donors (Lipinski definition) is 3. The third-order valence-corrected chi connectivity index (χ3v) is 1.98. The molecule has 0 fully saturated rings. The van der Waals surface area contributed by atoms with Crippen LogP contribution in [0.3, 0.4) is 0 Å². The predicted molar refractivity (Wildman–Crippen MR) is 60.4 cm³/mol. The van der Waals surface area contributed by atoms with Crippen LogP contribution in [0, 0.1) is 5.82 Å². The molecule has 0 aliphatic rings. The molecule has 0 saturated carbocycles. The van der Waals surface area contributed by atoms with Gasteiger partial charge in [-0.05, 0) is 34.3 Å². The van der Waals surface area contributed by atoms with Crippen molar-refractivity contribution >= 4 is 40.2 Å². The smallest absolute Gasteiger partial charge is 0.337 e. The largest absolute Gasteiger partial charge is 0.478 e. The molecular weight excluding hydrogens is 273 g/mol. The maximum Gasteiger partial charge on any atom is 0.337 e. The second kappa shape index (κ2) is 5.87. The molecule has 0 amide bonds. The molecule has 1 aromatic rings.